The standard InChI is InChI=1S/C19H20F2N4O3S/c1-22-29(26,27)15-8-9-17(16(10-15)18-11-25(2)12-23-18)24-14-6-4-13(5-7-14)19(20,21)28-3/h4-12,22,24H,1-3H3. The molecule has 0 amide bonds. The van der Waals surface area contributed by atoms with Crippen LogP contribution in [-0.2, 0) is 27.9 Å². The molecule has 0 radical (unpaired) electrons. The average Bonchev–Trinajstić information content (AvgIpc) is 3.14. The number of hydrogen-bond donors (Lipinski definition) is 2. The number of aromatic nitrogens is 2. The molecule has 3 rings (SSSR count). The molecule has 0 bridgehead atoms. The number of methoxy groups -OCH3 is 1. The fraction of sp³-hybridized carbons (Fsp3) is 0.211. The molecule has 0 aliphatic heterocycles. The largest absolute Gasteiger partial charge is 0.383 e. The predicted octanol–water partition coefficient (Wildman–Crippen LogP) is 3.43. The van der Waals surface area contributed by atoms with Crippen molar-refractivity contribution in [2.45, 2.75) is 11.0 Å². The summed E-state index contributed by atoms with van der Waals surface area (Å²) < 4.78 is 59.8. The van der Waals surface area contributed by atoms with Crippen molar-refractivity contribution in [3.63, 3.8) is 0 Å². The second-order valence-electron chi connectivity index (χ2n) is 6.26. The number of sulfonamides is 1. The van der Waals surface area contributed by atoms with E-state index in [9.17, 15) is 17.2 Å². The van der Waals surface area contributed by atoms with Crippen LogP contribution < -0.4 is 10.0 Å². The first-order valence-electron chi connectivity index (χ1n) is 8.53. The molecule has 154 valence electrons. The minimum atomic E-state index is -3.65. The van der Waals surface area contributed by atoms with E-state index in [2.05, 4.69) is 19.8 Å². The van der Waals surface area contributed by atoms with Gasteiger partial charge in [0.15, 0.2) is 0 Å². The molecule has 3 aromatic rings. The number of alkyl halides is 2. The molecule has 0 spiro atoms. The maximum atomic E-state index is 13.6. The Kier molecular flexibility index (Phi) is 5.69. The first-order valence-corrected chi connectivity index (χ1v) is 10.0. The summed E-state index contributed by atoms with van der Waals surface area (Å²) in [5.41, 5.74) is 1.96. The van der Waals surface area contributed by atoms with Gasteiger partial charge in [0, 0.05) is 37.3 Å². The van der Waals surface area contributed by atoms with E-state index in [-0.39, 0.29) is 10.5 Å². The van der Waals surface area contributed by atoms with Gasteiger partial charge in [-0.3, -0.25) is 0 Å². The molecule has 0 unspecified atom stereocenters. The van der Waals surface area contributed by atoms with Gasteiger partial charge in [-0.25, -0.2) is 18.1 Å². The van der Waals surface area contributed by atoms with Crippen LogP contribution in [0.3, 0.4) is 0 Å². The lowest BCUT2D eigenvalue weighted by molar-refractivity contribution is -0.231. The SMILES string of the molecule is CNS(=O)(=O)c1ccc(Nc2ccc(C(F)(F)OC)cc2)c(-c2cn(C)cn2)c1. The smallest absolute Gasteiger partial charge is 0.355 e. The van der Waals surface area contributed by atoms with Crippen LogP contribution in [0.1, 0.15) is 5.56 Å². The summed E-state index contributed by atoms with van der Waals surface area (Å²) in [6, 6.07) is 10.0. The van der Waals surface area contributed by atoms with E-state index in [4.69, 9.17) is 0 Å². The summed E-state index contributed by atoms with van der Waals surface area (Å²) in [7, 11) is 0.421. The van der Waals surface area contributed by atoms with Crippen LogP contribution in [0.4, 0.5) is 20.2 Å². The number of aryl methyl sites for hydroxylation is 1. The van der Waals surface area contributed by atoms with E-state index in [0.29, 0.717) is 22.6 Å². The van der Waals surface area contributed by atoms with Gasteiger partial charge in [-0.15, -0.1) is 0 Å². The maximum Gasteiger partial charge on any atom is 0.383 e. The zero-order valence-electron chi connectivity index (χ0n) is 16.0. The van der Waals surface area contributed by atoms with Gasteiger partial charge in [0.1, 0.15) is 0 Å². The zero-order valence-corrected chi connectivity index (χ0v) is 16.8. The molecule has 7 nitrogen and oxygen atoms in total. The number of ether oxygens (including phenoxy) is 1. The van der Waals surface area contributed by atoms with Crippen LogP contribution in [0.15, 0.2) is 59.9 Å². The van der Waals surface area contributed by atoms with E-state index in [1.807, 2.05) is 0 Å². The average molecular weight is 422 g/mol. The number of nitrogens with zero attached hydrogens (tertiary/aromatic N) is 2. The van der Waals surface area contributed by atoms with Crippen LogP contribution >= 0.6 is 0 Å². The van der Waals surface area contributed by atoms with Gasteiger partial charge in [-0.05, 0) is 49.5 Å². The van der Waals surface area contributed by atoms with E-state index in [1.54, 1.807) is 30.2 Å². The first-order chi connectivity index (χ1) is 13.7. The predicted molar refractivity (Wildman–Crippen MR) is 106 cm³/mol. The summed E-state index contributed by atoms with van der Waals surface area (Å²) >= 11 is 0. The van der Waals surface area contributed by atoms with Crippen molar-refractivity contribution in [2.75, 3.05) is 19.5 Å². The van der Waals surface area contributed by atoms with Gasteiger partial charge in [0.05, 0.1) is 22.5 Å². The fourth-order valence-corrected chi connectivity index (χ4v) is 3.46. The van der Waals surface area contributed by atoms with Gasteiger partial charge in [-0.2, -0.15) is 8.78 Å². The molecule has 0 saturated heterocycles. The Morgan fingerprint density at radius 1 is 1.14 bits per heavy atom. The summed E-state index contributed by atoms with van der Waals surface area (Å²) in [5, 5.41) is 3.12. The Labute approximate surface area is 167 Å². The highest BCUT2D eigenvalue weighted by Crippen LogP contribution is 2.33. The molecule has 0 saturated carbocycles. The summed E-state index contributed by atoms with van der Waals surface area (Å²) in [6.45, 7) is 0. The number of hydrogen-bond acceptors (Lipinski definition) is 5. The third-order valence-electron chi connectivity index (χ3n) is 4.31. The van der Waals surface area contributed by atoms with Gasteiger partial charge in [0.25, 0.3) is 0 Å². The molecule has 0 aliphatic carbocycles. The Morgan fingerprint density at radius 2 is 1.83 bits per heavy atom. The van der Waals surface area contributed by atoms with Crippen LogP contribution in [0.2, 0.25) is 0 Å². The quantitative estimate of drug-likeness (QED) is 0.609. The van der Waals surface area contributed by atoms with Gasteiger partial charge >= 0.3 is 6.11 Å². The molecule has 1 aromatic heterocycles. The van der Waals surface area contributed by atoms with Crippen molar-refractivity contribution in [1.82, 2.24) is 14.3 Å². The summed E-state index contributed by atoms with van der Waals surface area (Å²) in [5.74, 6) is 0. The summed E-state index contributed by atoms with van der Waals surface area (Å²) in [6.07, 6.45) is -0.0285. The number of imidazole rings is 1. The molecule has 1 heterocycles. The minimum absolute atomic E-state index is 0.0845. The number of halogens is 2. The molecule has 0 atom stereocenters. The lowest BCUT2D eigenvalue weighted by Crippen LogP contribution is -2.18. The number of benzene rings is 2. The van der Waals surface area contributed by atoms with E-state index in [1.165, 1.54) is 43.4 Å². The molecule has 0 aliphatic rings. The lowest BCUT2D eigenvalue weighted by atomic mass is 10.1. The van der Waals surface area contributed by atoms with Gasteiger partial charge in [0.2, 0.25) is 10.0 Å². The molecule has 0 fully saturated rings. The zero-order chi connectivity index (χ0) is 21.2. The fourth-order valence-electron chi connectivity index (χ4n) is 2.70. The normalized spacial score (nSPS) is 12.2. The Morgan fingerprint density at radius 3 is 2.38 bits per heavy atom. The van der Waals surface area contributed by atoms with Crippen LogP contribution in [0.5, 0.6) is 0 Å². The van der Waals surface area contributed by atoms with Crippen molar-refractivity contribution in [2.24, 2.45) is 7.05 Å². The molecule has 2 aromatic carbocycles. The molecule has 10 heteroatoms. The molecular weight excluding hydrogens is 402 g/mol. The van der Waals surface area contributed by atoms with E-state index >= 15 is 0 Å². The topological polar surface area (TPSA) is 85.3 Å². The Bertz CT molecular complexity index is 1110. The molecular formula is C19H20F2N4O3S. The maximum absolute atomic E-state index is 13.6. The van der Waals surface area contributed by atoms with Gasteiger partial charge < -0.3 is 14.6 Å². The highest BCUT2D eigenvalue weighted by molar-refractivity contribution is 7.89. The van der Waals surface area contributed by atoms with E-state index < -0.39 is 16.1 Å². The number of anilines is 2. The first kappa shape index (κ1) is 20.9. The Hall–Kier alpha value is -2.82. The summed E-state index contributed by atoms with van der Waals surface area (Å²) in [4.78, 5) is 4.37. The second-order valence-corrected chi connectivity index (χ2v) is 8.15. The van der Waals surface area contributed by atoms with Crippen LogP contribution in [0, 0.1) is 0 Å². The highest BCUT2D eigenvalue weighted by Gasteiger charge is 2.30. The number of nitrogens with one attached hydrogen (secondary N) is 2. The molecule has 2 N–H and O–H groups in total. The lowest BCUT2D eigenvalue weighted by Gasteiger charge is -2.16. The van der Waals surface area contributed by atoms with Crippen molar-refractivity contribution in [3.8, 4) is 11.3 Å². The van der Waals surface area contributed by atoms with Gasteiger partial charge in [-0.1, -0.05) is 0 Å². The third kappa shape index (κ3) is 4.44. The van der Waals surface area contributed by atoms with Crippen molar-refractivity contribution in [3.05, 3.63) is 60.6 Å². The van der Waals surface area contributed by atoms with Crippen LogP contribution in [0.25, 0.3) is 11.3 Å². The van der Waals surface area contributed by atoms with Crippen molar-refractivity contribution < 1.29 is 21.9 Å². The second kappa shape index (κ2) is 7.90. The molecule has 29 heavy (non-hydrogen) atoms. The van der Waals surface area contributed by atoms with E-state index in [0.717, 1.165) is 7.11 Å². The van der Waals surface area contributed by atoms with Crippen LogP contribution in [-0.4, -0.2) is 32.1 Å². The van der Waals surface area contributed by atoms with Crippen molar-refractivity contribution in [1.29, 1.82) is 0 Å². The highest BCUT2D eigenvalue weighted by atomic mass is 32.2. The minimum Gasteiger partial charge on any atom is -0.355 e. The monoisotopic (exact) mass is 422 g/mol. The number of rotatable bonds is 7. The van der Waals surface area contributed by atoms with Crippen molar-refractivity contribution >= 4 is 21.4 Å². The Balaban J connectivity index is 2.00. The third-order valence-corrected chi connectivity index (χ3v) is 5.72.